The molecule has 2 N–H and O–H groups in total. The summed E-state index contributed by atoms with van der Waals surface area (Å²) < 4.78 is 13.5. The zero-order valence-corrected chi connectivity index (χ0v) is 10.3. The van der Waals surface area contributed by atoms with Crippen molar-refractivity contribution in [3.05, 3.63) is 36.0 Å². The van der Waals surface area contributed by atoms with Gasteiger partial charge in [-0.05, 0) is 17.7 Å². The SMILES string of the molecule is FC[C@H](c1cccc2[nH]ccc12)N1CCNCC1. The second-order valence-electron chi connectivity index (χ2n) is 4.74. The van der Waals surface area contributed by atoms with E-state index in [1.54, 1.807) is 0 Å². The highest BCUT2D eigenvalue weighted by Gasteiger charge is 2.23. The molecule has 96 valence electrons. The van der Waals surface area contributed by atoms with E-state index in [1.807, 2.05) is 30.5 Å². The van der Waals surface area contributed by atoms with Crippen molar-refractivity contribution in [3.8, 4) is 0 Å². The van der Waals surface area contributed by atoms with Gasteiger partial charge in [0.15, 0.2) is 0 Å². The first kappa shape index (κ1) is 11.7. The van der Waals surface area contributed by atoms with Gasteiger partial charge in [0.1, 0.15) is 6.67 Å². The van der Waals surface area contributed by atoms with Crippen molar-refractivity contribution in [2.45, 2.75) is 6.04 Å². The molecule has 0 bridgehead atoms. The average Bonchev–Trinajstić information content (AvgIpc) is 2.90. The van der Waals surface area contributed by atoms with E-state index in [0.29, 0.717) is 0 Å². The molecule has 18 heavy (non-hydrogen) atoms. The summed E-state index contributed by atoms with van der Waals surface area (Å²) in [5.74, 6) is 0. The summed E-state index contributed by atoms with van der Waals surface area (Å²) in [7, 11) is 0. The zero-order valence-electron chi connectivity index (χ0n) is 10.3. The molecule has 2 aromatic rings. The third-order valence-electron chi connectivity index (χ3n) is 3.73. The summed E-state index contributed by atoms with van der Waals surface area (Å²) in [5.41, 5.74) is 2.18. The van der Waals surface area contributed by atoms with E-state index in [4.69, 9.17) is 0 Å². The van der Waals surface area contributed by atoms with Crippen LogP contribution in [0.5, 0.6) is 0 Å². The molecule has 4 heteroatoms. The summed E-state index contributed by atoms with van der Waals surface area (Å²) in [6.07, 6.45) is 1.92. The number of rotatable bonds is 3. The number of piperazine rings is 1. The van der Waals surface area contributed by atoms with E-state index in [-0.39, 0.29) is 12.7 Å². The highest BCUT2D eigenvalue weighted by Crippen LogP contribution is 2.28. The molecule has 0 aliphatic carbocycles. The fourth-order valence-electron chi connectivity index (χ4n) is 2.77. The second-order valence-corrected chi connectivity index (χ2v) is 4.74. The van der Waals surface area contributed by atoms with Gasteiger partial charge in [0.05, 0.1) is 6.04 Å². The van der Waals surface area contributed by atoms with E-state index < -0.39 is 0 Å². The van der Waals surface area contributed by atoms with Crippen molar-refractivity contribution in [2.24, 2.45) is 0 Å². The summed E-state index contributed by atoms with van der Waals surface area (Å²) >= 11 is 0. The highest BCUT2D eigenvalue weighted by atomic mass is 19.1. The maximum absolute atomic E-state index is 13.5. The van der Waals surface area contributed by atoms with Gasteiger partial charge >= 0.3 is 0 Å². The number of hydrogen-bond donors (Lipinski definition) is 2. The molecule has 0 unspecified atom stereocenters. The minimum Gasteiger partial charge on any atom is -0.361 e. The second kappa shape index (κ2) is 5.08. The minimum absolute atomic E-state index is 0.119. The average molecular weight is 247 g/mol. The van der Waals surface area contributed by atoms with Crippen LogP contribution in [0, 0.1) is 0 Å². The van der Waals surface area contributed by atoms with Gasteiger partial charge in [-0.3, -0.25) is 4.90 Å². The number of fused-ring (bicyclic) bond motifs is 1. The largest absolute Gasteiger partial charge is 0.361 e. The predicted octanol–water partition coefficient (Wildman–Crippen LogP) is 2.08. The van der Waals surface area contributed by atoms with Crippen LogP contribution in [0.3, 0.4) is 0 Å². The quantitative estimate of drug-likeness (QED) is 0.870. The number of aromatic nitrogens is 1. The van der Waals surface area contributed by atoms with Crippen LogP contribution in [0.25, 0.3) is 10.9 Å². The van der Waals surface area contributed by atoms with Crippen LogP contribution >= 0.6 is 0 Å². The Morgan fingerprint density at radius 3 is 2.83 bits per heavy atom. The monoisotopic (exact) mass is 247 g/mol. The number of halogens is 1. The number of benzene rings is 1. The van der Waals surface area contributed by atoms with Gasteiger partial charge in [0, 0.05) is 43.3 Å². The van der Waals surface area contributed by atoms with Crippen LogP contribution in [-0.2, 0) is 0 Å². The van der Waals surface area contributed by atoms with Crippen LogP contribution in [0.1, 0.15) is 11.6 Å². The maximum Gasteiger partial charge on any atom is 0.109 e. The number of H-pyrrole nitrogens is 1. The zero-order chi connectivity index (χ0) is 12.4. The summed E-state index contributed by atoms with van der Waals surface area (Å²) in [4.78, 5) is 5.42. The van der Waals surface area contributed by atoms with E-state index >= 15 is 0 Å². The van der Waals surface area contributed by atoms with Gasteiger partial charge in [0.25, 0.3) is 0 Å². The van der Waals surface area contributed by atoms with E-state index in [9.17, 15) is 4.39 Å². The Kier molecular flexibility index (Phi) is 3.30. The number of aromatic amines is 1. The van der Waals surface area contributed by atoms with Crippen LogP contribution in [0.2, 0.25) is 0 Å². The molecule has 3 rings (SSSR count). The molecule has 1 atom stereocenters. The predicted molar refractivity (Wildman–Crippen MR) is 71.5 cm³/mol. The lowest BCUT2D eigenvalue weighted by molar-refractivity contribution is 0.148. The molecule has 1 fully saturated rings. The summed E-state index contributed by atoms with van der Waals surface area (Å²) in [5, 5.41) is 4.44. The molecule has 2 heterocycles. The van der Waals surface area contributed by atoms with E-state index in [2.05, 4.69) is 15.2 Å². The van der Waals surface area contributed by atoms with Crippen molar-refractivity contribution in [2.75, 3.05) is 32.9 Å². The molecule has 1 aromatic carbocycles. The smallest absolute Gasteiger partial charge is 0.109 e. The Labute approximate surface area is 106 Å². The van der Waals surface area contributed by atoms with Crippen molar-refractivity contribution in [1.29, 1.82) is 0 Å². The van der Waals surface area contributed by atoms with Crippen molar-refractivity contribution >= 4 is 10.9 Å². The van der Waals surface area contributed by atoms with Gasteiger partial charge in [-0.2, -0.15) is 0 Å². The Balaban J connectivity index is 1.97. The Morgan fingerprint density at radius 2 is 2.06 bits per heavy atom. The highest BCUT2D eigenvalue weighted by molar-refractivity contribution is 5.83. The molecule has 0 radical (unpaired) electrons. The molecule has 1 aromatic heterocycles. The maximum atomic E-state index is 13.5. The van der Waals surface area contributed by atoms with Gasteiger partial charge < -0.3 is 10.3 Å². The van der Waals surface area contributed by atoms with Crippen LogP contribution < -0.4 is 5.32 Å². The normalized spacial score (nSPS) is 19.2. The molecule has 1 aliphatic rings. The Morgan fingerprint density at radius 1 is 1.22 bits per heavy atom. The van der Waals surface area contributed by atoms with E-state index in [0.717, 1.165) is 42.6 Å². The first-order chi connectivity index (χ1) is 8.90. The van der Waals surface area contributed by atoms with Gasteiger partial charge in [-0.15, -0.1) is 0 Å². The third kappa shape index (κ3) is 2.02. The fourth-order valence-corrected chi connectivity index (χ4v) is 2.77. The van der Waals surface area contributed by atoms with Crippen LogP contribution in [0.15, 0.2) is 30.5 Å². The number of nitrogens with zero attached hydrogens (tertiary/aromatic N) is 1. The number of hydrogen-bond acceptors (Lipinski definition) is 2. The minimum atomic E-state index is -0.329. The standard InChI is InChI=1S/C14H18FN3/c15-10-14(18-8-6-16-7-9-18)12-2-1-3-13-11(12)4-5-17-13/h1-5,14,16-17H,6-10H2/t14-/m1/s1. The van der Waals surface area contributed by atoms with Crippen molar-refractivity contribution in [3.63, 3.8) is 0 Å². The summed E-state index contributed by atoms with van der Waals surface area (Å²) in [6.45, 7) is 3.38. The molecule has 0 spiro atoms. The Bertz CT molecular complexity index is 516. The van der Waals surface area contributed by atoms with Crippen LogP contribution in [-0.4, -0.2) is 42.7 Å². The third-order valence-corrected chi connectivity index (χ3v) is 3.73. The number of nitrogens with one attached hydrogen (secondary N) is 2. The molecule has 1 saturated heterocycles. The van der Waals surface area contributed by atoms with Crippen molar-refractivity contribution < 1.29 is 4.39 Å². The lowest BCUT2D eigenvalue weighted by Crippen LogP contribution is -2.45. The molecular weight excluding hydrogens is 229 g/mol. The van der Waals surface area contributed by atoms with Gasteiger partial charge in [-0.1, -0.05) is 12.1 Å². The van der Waals surface area contributed by atoms with Crippen LogP contribution in [0.4, 0.5) is 4.39 Å². The van der Waals surface area contributed by atoms with Gasteiger partial charge in [-0.25, -0.2) is 4.39 Å². The molecule has 3 nitrogen and oxygen atoms in total. The fraction of sp³-hybridized carbons (Fsp3) is 0.429. The summed E-state index contributed by atoms with van der Waals surface area (Å²) in [6, 6.07) is 8.00. The van der Waals surface area contributed by atoms with Gasteiger partial charge in [0.2, 0.25) is 0 Å². The van der Waals surface area contributed by atoms with E-state index in [1.165, 1.54) is 0 Å². The molecule has 0 amide bonds. The van der Waals surface area contributed by atoms with Crippen molar-refractivity contribution in [1.82, 2.24) is 15.2 Å². The lowest BCUT2D eigenvalue weighted by Gasteiger charge is -2.34. The Hall–Kier alpha value is -1.39. The number of alkyl halides is 1. The first-order valence-corrected chi connectivity index (χ1v) is 6.47. The molecule has 1 aliphatic heterocycles. The molecule has 0 saturated carbocycles. The lowest BCUT2D eigenvalue weighted by atomic mass is 10.0. The first-order valence-electron chi connectivity index (χ1n) is 6.47. The topological polar surface area (TPSA) is 31.1 Å². The molecular formula is C14H18FN3.